The van der Waals surface area contributed by atoms with E-state index in [4.69, 9.17) is 5.11 Å². The van der Waals surface area contributed by atoms with Gasteiger partial charge in [-0.3, -0.25) is 14.5 Å². The van der Waals surface area contributed by atoms with Gasteiger partial charge in [0.2, 0.25) is 5.91 Å². The molecule has 1 aromatic rings. The van der Waals surface area contributed by atoms with Crippen LogP contribution in [0, 0.1) is 0 Å². The van der Waals surface area contributed by atoms with Crippen LogP contribution in [-0.4, -0.2) is 61.2 Å². The van der Waals surface area contributed by atoms with E-state index in [0.29, 0.717) is 6.04 Å². The van der Waals surface area contributed by atoms with Gasteiger partial charge in [0.15, 0.2) is 0 Å². The highest BCUT2D eigenvalue weighted by molar-refractivity contribution is 5.82. The molecule has 1 amide bonds. The molecule has 1 saturated heterocycles. The largest absolute Gasteiger partial charge is 0.480 e. The Labute approximate surface area is 130 Å². The number of piperidine rings is 1. The molecule has 2 rings (SSSR count). The lowest BCUT2D eigenvalue weighted by atomic mass is 10.0. The average Bonchev–Trinajstić information content (AvgIpc) is 2.54. The highest BCUT2D eigenvalue weighted by Crippen LogP contribution is 2.21. The Morgan fingerprint density at radius 2 is 1.91 bits per heavy atom. The predicted octanol–water partition coefficient (Wildman–Crippen LogP) is 0.788. The average molecular weight is 305 g/mol. The van der Waals surface area contributed by atoms with Crippen molar-refractivity contribution in [1.82, 2.24) is 10.2 Å². The van der Waals surface area contributed by atoms with Crippen molar-refractivity contribution < 1.29 is 14.7 Å². The molecule has 0 spiro atoms. The van der Waals surface area contributed by atoms with Gasteiger partial charge in [0.05, 0.1) is 6.54 Å². The maximum absolute atomic E-state index is 11.6. The SMILES string of the molecule is CN(c1ccccc1)C1CCN(CC(=O)NCC(=O)O)CC1. The van der Waals surface area contributed by atoms with Crippen LogP contribution in [0.2, 0.25) is 0 Å². The number of amides is 1. The maximum atomic E-state index is 11.6. The molecule has 120 valence electrons. The third-order valence-corrected chi connectivity index (χ3v) is 4.07. The van der Waals surface area contributed by atoms with Crippen LogP contribution in [0.1, 0.15) is 12.8 Å². The molecular formula is C16H23N3O3. The lowest BCUT2D eigenvalue weighted by Gasteiger charge is -2.37. The summed E-state index contributed by atoms with van der Waals surface area (Å²) < 4.78 is 0. The Morgan fingerprint density at radius 3 is 2.50 bits per heavy atom. The minimum absolute atomic E-state index is 0.225. The zero-order valence-electron chi connectivity index (χ0n) is 12.9. The van der Waals surface area contributed by atoms with Gasteiger partial charge in [-0.25, -0.2) is 0 Å². The van der Waals surface area contributed by atoms with E-state index in [-0.39, 0.29) is 19.0 Å². The molecule has 0 atom stereocenters. The molecule has 1 aromatic carbocycles. The molecule has 0 radical (unpaired) electrons. The fourth-order valence-electron chi connectivity index (χ4n) is 2.77. The monoisotopic (exact) mass is 305 g/mol. The summed E-state index contributed by atoms with van der Waals surface area (Å²) in [5.41, 5.74) is 1.21. The fourth-order valence-corrected chi connectivity index (χ4v) is 2.77. The second-order valence-corrected chi connectivity index (χ2v) is 5.62. The lowest BCUT2D eigenvalue weighted by Crippen LogP contribution is -2.47. The first kappa shape index (κ1) is 16.3. The van der Waals surface area contributed by atoms with Gasteiger partial charge < -0.3 is 15.3 Å². The molecule has 6 heteroatoms. The molecule has 22 heavy (non-hydrogen) atoms. The summed E-state index contributed by atoms with van der Waals surface area (Å²) >= 11 is 0. The molecule has 0 unspecified atom stereocenters. The van der Waals surface area contributed by atoms with Gasteiger partial charge in [-0.05, 0) is 25.0 Å². The number of anilines is 1. The van der Waals surface area contributed by atoms with Crippen molar-refractivity contribution in [1.29, 1.82) is 0 Å². The van der Waals surface area contributed by atoms with Crippen LogP contribution in [0.5, 0.6) is 0 Å². The third-order valence-electron chi connectivity index (χ3n) is 4.07. The highest BCUT2D eigenvalue weighted by atomic mass is 16.4. The summed E-state index contributed by atoms with van der Waals surface area (Å²) in [5.74, 6) is -1.24. The third kappa shape index (κ3) is 4.73. The van der Waals surface area contributed by atoms with E-state index in [1.54, 1.807) is 0 Å². The van der Waals surface area contributed by atoms with Crippen LogP contribution in [0.3, 0.4) is 0 Å². The zero-order valence-corrected chi connectivity index (χ0v) is 12.9. The number of nitrogens with zero attached hydrogens (tertiary/aromatic N) is 2. The van der Waals surface area contributed by atoms with Gasteiger partial charge in [-0.2, -0.15) is 0 Å². The van der Waals surface area contributed by atoms with Crippen molar-refractivity contribution in [3.05, 3.63) is 30.3 Å². The molecule has 2 N–H and O–H groups in total. The Bertz CT molecular complexity index is 499. The number of carbonyl (C=O) groups excluding carboxylic acids is 1. The van der Waals surface area contributed by atoms with E-state index in [0.717, 1.165) is 25.9 Å². The Kier molecular flexibility index (Phi) is 5.77. The lowest BCUT2D eigenvalue weighted by molar-refractivity contribution is -0.138. The molecule has 0 aliphatic carbocycles. The van der Waals surface area contributed by atoms with E-state index >= 15 is 0 Å². The van der Waals surface area contributed by atoms with E-state index in [2.05, 4.69) is 34.3 Å². The Balaban J connectivity index is 1.76. The molecular weight excluding hydrogens is 282 g/mol. The number of aliphatic carboxylic acids is 1. The van der Waals surface area contributed by atoms with E-state index in [1.807, 2.05) is 18.2 Å². The molecule has 6 nitrogen and oxygen atoms in total. The van der Waals surface area contributed by atoms with E-state index in [1.165, 1.54) is 5.69 Å². The van der Waals surface area contributed by atoms with Gasteiger partial charge in [0.25, 0.3) is 0 Å². The van der Waals surface area contributed by atoms with Crippen molar-refractivity contribution in [2.24, 2.45) is 0 Å². The van der Waals surface area contributed by atoms with E-state index < -0.39 is 5.97 Å². The van der Waals surface area contributed by atoms with Crippen molar-refractivity contribution in [2.75, 3.05) is 38.1 Å². The number of nitrogens with one attached hydrogen (secondary N) is 1. The summed E-state index contributed by atoms with van der Waals surface area (Å²) in [6.45, 7) is 1.66. The number of carbonyl (C=O) groups is 2. The van der Waals surface area contributed by atoms with Crippen LogP contribution < -0.4 is 10.2 Å². The number of hydrogen-bond acceptors (Lipinski definition) is 4. The van der Waals surface area contributed by atoms with Crippen molar-refractivity contribution in [2.45, 2.75) is 18.9 Å². The van der Waals surface area contributed by atoms with Crippen molar-refractivity contribution >= 4 is 17.6 Å². The van der Waals surface area contributed by atoms with Gasteiger partial charge in [-0.1, -0.05) is 18.2 Å². The number of carboxylic acid groups (broad SMARTS) is 1. The normalized spacial score (nSPS) is 16.2. The number of rotatable bonds is 6. The summed E-state index contributed by atoms with van der Waals surface area (Å²) in [6, 6.07) is 10.8. The molecule has 0 bridgehead atoms. The number of benzene rings is 1. The molecule has 0 saturated carbocycles. The first-order chi connectivity index (χ1) is 10.6. The smallest absolute Gasteiger partial charge is 0.322 e. The number of hydrogen-bond donors (Lipinski definition) is 2. The predicted molar refractivity (Wildman–Crippen MR) is 85.0 cm³/mol. The maximum Gasteiger partial charge on any atom is 0.322 e. The van der Waals surface area contributed by atoms with Crippen LogP contribution in [-0.2, 0) is 9.59 Å². The van der Waals surface area contributed by atoms with Crippen LogP contribution in [0.4, 0.5) is 5.69 Å². The van der Waals surface area contributed by atoms with Crippen LogP contribution >= 0.6 is 0 Å². The first-order valence-electron chi connectivity index (χ1n) is 7.55. The Hall–Kier alpha value is -2.08. The van der Waals surface area contributed by atoms with Crippen molar-refractivity contribution in [3.8, 4) is 0 Å². The van der Waals surface area contributed by atoms with Gasteiger partial charge in [-0.15, -0.1) is 0 Å². The summed E-state index contributed by atoms with van der Waals surface area (Å²) in [7, 11) is 2.11. The Morgan fingerprint density at radius 1 is 1.27 bits per heavy atom. The molecule has 1 fully saturated rings. The highest BCUT2D eigenvalue weighted by Gasteiger charge is 2.23. The standard InChI is InChI=1S/C16H23N3O3/c1-18(13-5-3-2-4-6-13)14-7-9-19(10-8-14)12-15(20)17-11-16(21)22/h2-6,14H,7-12H2,1H3,(H,17,20)(H,21,22). The number of carboxylic acids is 1. The number of para-hydroxylation sites is 1. The van der Waals surface area contributed by atoms with Crippen LogP contribution in [0.15, 0.2) is 30.3 Å². The minimum atomic E-state index is -1.02. The second-order valence-electron chi connectivity index (χ2n) is 5.62. The fraction of sp³-hybridized carbons (Fsp3) is 0.500. The zero-order chi connectivity index (χ0) is 15.9. The first-order valence-corrected chi connectivity index (χ1v) is 7.55. The number of likely N-dealkylation sites (tertiary alicyclic amines) is 1. The minimum Gasteiger partial charge on any atom is -0.480 e. The van der Waals surface area contributed by atoms with E-state index in [9.17, 15) is 9.59 Å². The molecule has 0 aromatic heterocycles. The second kappa shape index (κ2) is 7.79. The molecule has 1 aliphatic heterocycles. The topological polar surface area (TPSA) is 72.9 Å². The van der Waals surface area contributed by atoms with Gasteiger partial charge in [0, 0.05) is 31.9 Å². The summed E-state index contributed by atoms with van der Waals surface area (Å²) in [6.07, 6.45) is 2.00. The van der Waals surface area contributed by atoms with Gasteiger partial charge >= 0.3 is 5.97 Å². The summed E-state index contributed by atoms with van der Waals surface area (Å²) in [4.78, 5) is 26.4. The molecule has 1 heterocycles. The van der Waals surface area contributed by atoms with Gasteiger partial charge in [0.1, 0.15) is 6.54 Å². The van der Waals surface area contributed by atoms with Crippen LogP contribution in [0.25, 0.3) is 0 Å². The molecule has 1 aliphatic rings. The summed E-state index contributed by atoms with van der Waals surface area (Å²) in [5, 5.41) is 10.9. The van der Waals surface area contributed by atoms with Crippen molar-refractivity contribution in [3.63, 3.8) is 0 Å². The quantitative estimate of drug-likeness (QED) is 0.813.